The van der Waals surface area contributed by atoms with Crippen molar-refractivity contribution in [2.45, 2.75) is 19.4 Å². The smallest absolute Gasteiger partial charge is 0.268 e. The lowest BCUT2D eigenvalue weighted by molar-refractivity contribution is 0.0591. The van der Waals surface area contributed by atoms with Crippen molar-refractivity contribution in [3.63, 3.8) is 0 Å². The molecule has 0 spiro atoms. The van der Waals surface area contributed by atoms with E-state index in [4.69, 9.17) is 0 Å². The minimum absolute atomic E-state index is 0.0173. The molecular formula is C13H15N3O4S. The van der Waals surface area contributed by atoms with Gasteiger partial charge >= 0.3 is 0 Å². The predicted octanol–water partition coefficient (Wildman–Crippen LogP) is 0.102. The summed E-state index contributed by atoms with van der Waals surface area (Å²) in [7, 11) is -3.29. The monoisotopic (exact) mass is 309 g/mol. The summed E-state index contributed by atoms with van der Waals surface area (Å²) in [6.45, 7) is 2.08. The zero-order valence-electron chi connectivity index (χ0n) is 11.5. The topological polar surface area (TPSA) is 87.7 Å². The predicted molar refractivity (Wildman–Crippen MR) is 74.2 cm³/mol. The van der Waals surface area contributed by atoms with E-state index in [1.54, 1.807) is 19.1 Å². The van der Waals surface area contributed by atoms with Crippen molar-refractivity contribution in [3.05, 3.63) is 29.6 Å². The number of sulfonamides is 1. The van der Waals surface area contributed by atoms with Crippen molar-refractivity contribution in [1.82, 2.24) is 14.2 Å². The average Bonchev–Trinajstić information content (AvgIpc) is 3.05. The Morgan fingerprint density at radius 2 is 2.10 bits per heavy atom. The van der Waals surface area contributed by atoms with Gasteiger partial charge < -0.3 is 0 Å². The van der Waals surface area contributed by atoms with Gasteiger partial charge in [0, 0.05) is 19.3 Å². The van der Waals surface area contributed by atoms with Gasteiger partial charge in [0.1, 0.15) is 5.69 Å². The first-order chi connectivity index (χ1) is 9.95. The number of hydrogen-bond donors (Lipinski definition) is 0. The number of carbonyl (C=O) groups is 2. The summed E-state index contributed by atoms with van der Waals surface area (Å²) in [6.07, 6.45) is 1.93. The number of rotatable bonds is 3. The minimum atomic E-state index is -3.29. The van der Waals surface area contributed by atoms with Crippen LogP contribution in [0.4, 0.5) is 0 Å². The van der Waals surface area contributed by atoms with Gasteiger partial charge in [-0.25, -0.2) is 8.42 Å². The van der Waals surface area contributed by atoms with Gasteiger partial charge in [0.05, 0.1) is 17.4 Å². The Morgan fingerprint density at radius 1 is 1.33 bits per heavy atom. The second-order valence-electron chi connectivity index (χ2n) is 5.08. The molecule has 1 atom stereocenters. The fraction of sp³-hybridized carbons (Fsp3) is 0.462. The van der Waals surface area contributed by atoms with E-state index in [2.05, 4.69) is 4.98 Å². The highest BCUT2D eigenvalue weighted by atomic mass is 32.2. The second kappa shape index (κ2) is 4.88. The van der Waals surface area contributed by atoms with Crippen LogP contribution in [0.3, 0.4) is 0 Å². The molecule has 2 amide bonds. The Bertz CT molecular complexity index is 681. The van der Waals surface area contributed by atoms with Gasteiger partial charge in [-0.15, -0.1) is 0 Å². The summed E-state index contributed by atoms with van der Waals surface area (Å²) in [5.41, 5.74) is 0.443. The Hall–Kier alpha value is -1.80. The Labute approximate surface area is 122 Å². The van der Waals surface area contributed by atoms with Crippen LogP contribution in [0.15, 0.2) is 18.3 Å². The van der Waals surface area contributed by atoms with E-state index in [-0.39, 0.29) is 23.9 Å². The van der Waals surface area contributed by atoms with Gasteiger partial charge in [0.15, 0.2) is 0 Å². The van der Waals surface area contributed by atoms with E-state index in [0.717, 1.165) is 4.90 Å². The lowest BCUT2D eigenvalue weighted by atomic mass is 10.2. The van der Waals surface area contributed by atoms with Gasteiger partial charge in [0.25, 0.3) is 11.8 Å². The molecule has 0 aromatic carbocycles. The van der Waals surface area contributed by atoms with Crippen LogP contribution in [0.2, 0.25) is 0 Å². The number of carbonyl (C=O) groups excluding carboxylic acids is 2. The van der Waals surface area contributed by atoms with Crippen LogP contribution in [-0.2, 0) is 10.0 Å². The van der Waals surface area contributed by atoms with Crippen molar-refractivity contribution in [2.24, 2.45) is 0 Å². The fourth-order valence-electron chi connectivity index (χ4n) is 2.77. The second-order valence-corrected chi connectivity index (χ2v) is 7.34. The number of amides is 2. The van der Waals surface area contributed by atoms with Gasteiger partial charge in [-0.2, -0.15) is 4.31 Å². The van der Waals surface area contributed by atoms with E-state index >= 15 is 0 Å². The number of nitrogens with zero attached hydrogens (tertiary/aromatic N) is 3. The number of pyridine rings is 1. The summed E-state index contributed by atoms with van der Waals surface area (Å²) in [5.74, 6) is -0.802. The van der Waals surface area contributed by atoms with E-state index in [1.165, 1.54) is 10.5 Å². The van der Waals surface area contributed by atoms with Crippen molar-refractivity contribution >= 4 is 21.8 Å². The third-order valence-electron chi connectivity index (χ3n) is 3.93. The SMILES string of the molecule is CCS(=O)(=O)N1CCC(N2C(=O)c3cccnc3C2=O)C1. The summed E-state index contributed by atoms with van der Waals surface area (Å²) in [4.78, 5) is 29.7. The van der Waals surface area contributed by atoms with Crippen LogP contribution >= 0.6 is 0 Å². The van der Waals surface area contributed by atoms with Crippen molar-refractivity contribution < 1.29 is 18.0 Å². The minimum Gasteiger partial charge on any atom is -0.268 e. The lowest BCUT2D eigenvalue weighted by Gasteiger charge is -2.22. The molecule has 1 aromatic heterocycles. The number of fused-ring (bicyclic) bond motifs is 1. The molecule has 0 radical (unpaired) electrons. The molecule has 1 unspecified atom stereocenters. The third kappa shape index (κ3) is 2.14. The van der Waals surface area contributed by atoms with E-state index in [1.807, 2.05) is 0 Å². The summed E-state index contributed by atoms with van der Waals surface area (Å²) in [5, 5.41) is 0. The van der Waals surface area contributed by atoms with Crippen LogP contribution in [-0.4, -0.2) is 59.3 Å². The number of aromatic nitrogens is 1. The first kappa shape index (κ1) is 14.2. The Balaban J connectivity index is 1.85. The zero-order valence-corrected chi connectivity index (χ0v) is 12.3. The molecule has 21 heavy (non-hydrogen) atoms. The number of hydrogen-bond acceptors (Lipinski definition) is 5. The maximum absolute atomic E-state index is 12.3. The molecule has 112 valence electrons. The number of imide groups is 1. The molecule has 1 fully saturated rings. The van der Waals surface area contributed by atoms with Gasteiger partial charge in [0.2, 0.25) is 10.0 Å². The first-order valence-corrected chi connectivity index (χ1v) is 8.37. The average molecular weight is 309 g/mol. The molecule has 1 saturated heterocycles. The zero-order chi connectivity index (χ0) is 15.2. The molecule has 0 saturated carbocycles. The molecule has 3 rings (SSSR count). The van der Waals surface area contributed by atoms with Crippen molar-refractivity contribution in [3.8, 4) is 0 Å². The van der Waals surface area contributed by atoms with Crippen LogP contribution < -0.4 is 0 Å². The fourth-order valence-corrected chi connectivity index (χ4v) is 3.92. The summed E-state index contributed by atoms with van der Waals surface area (Å²) >= 11 is 0. The molecule has 3 heterocycles. The molecule has 0 bridgehead atoms. The van der Waals surface area contributed by atoms with Crippen molar-refractivity contribution in [1.29, 1.82) is 0 Å². The highest BCUT2D eigenvalue weighted by molar-refractivity contribution is 7.89. The molecular weight excluding hydrogens is 294 g/mol. The summed E-state index contributed by atoms with van der Waals surface area (Å²) in [6, 6.07) is 2.76. The largest absolute Gasteiger partial charge is 0.280 e. The molecule has 2 aliphatic rings. The van der Waals surface area contributed by atoms with Crippen LogP contribution in [0.5, 0.6) is 0 Å². The molecule has 0 N–H and O–H groups in total. The van der Waals surface area contributed by atoms with Gasteiger partial charge in [-0.3, -0.25) is 19.5 Å². The maximum Gasteiger partial charge on any atom is 0.280 e. The quantitative estimate of drug-likeness (QED) is 0.739. The molecule has 7 nitrogen and oxygen atoms in total. The molecule has 0 aliphatic carbocycles. The Morgan fingerprint density at radius 3 is 2.76 bits per heavy atom. The van der Waals surface area contributed by atoms with E-state index < -0.39 is 22.0 Å². The third-order valence-corrected chi connectivity index (χ3v) is 5.78. The van der Waals surface area contributed by atoms with Gasteiger partial charge in [-0.1, -0.05) is 0 Å². The van der Waals surface area contributed by atoms with Gasteiger partial charge in [-0.05, 0) is 25.5 Å². The summed E-state index contributed by atoms with van der Waals surface area (Å²) < 4.78 is 25.1. The van der Waals surface area contributed by atoms with Crippen LogP contribution in [0, 0.1) is 0 Å². The highest BCUT2D eigenvalue weighted by Crippen LogP contribution is 2.27. The standard InChI is InChI=1S/C13H15N3O4S/c1-2-21(19,20)15-7-5-9(8-15)16-12(17)10-4-3-6-14-11(10)13(16)18/h3-4,6,9H,2,5,7-8H2,1H3. The maximum atomic E-state index is 12.3. The van der Waals surface area contributed by atoms with Crippen LogP contribution in [0.25, 0.3) is 0 Å². The van der Waals surface area contributed by atoms with E-state index in [9.17, 15) is 18.0 Å². The Kier molecular flexibility index (Phi) is 3.29. The highest BCUT2D eigenvalue weighted by Gasteiger charge is 2.44. The molecule has 8 heteroatoms. The molecule has 2 aliphatic heterocycles. The lowest BCUT2D eigenvalue weighted by Crippen LogP contribution is -2.42. The van der Waals surface area contributed by atoms with E-state index in [0.29, 0.717) is 18.5 Å². The normalized spacial score (nSPS) is 22.9. The molecule has 1 aromatic rings. The van der Waals surface area contributed by atoms with Crippen molar-refractivity contribution in [2.75, 3.05) is 18.8 Å². The first-order valence-electron chi connectivity index (χ1n) is 6.76. The van der Waals surface area contributed by atoms with Crippen LogP contribution in [0.1, 0.15) is 34.2 Å².